The summed E-state index contributed by atoms with van der Waals surface area (Å²) in [5.41, 5.74) is 1.06. The van der Waals surface area contributed by atoms with Crippen LogP contribution >= 0.6 is 0 Å². The molecule has 16 heavy (non-hydrogen) atoms. The Morgan fingerprint density at radius 3 is 3.06 bits per heavy atom. The highest BCUT2D eigenvalue weighted by atomic mass is 16.5. The molecule has 0 spiro atoms. The molecule has 0 radical (unpaired) electrons. The second kappa shape index (κ2) is 6.86. The molecule has 0 unspecified atom stereocenters. The van der Waals surface area contributed by atoms with E-state index in [0.29, 0.717) is 5.88 Å². The van der Waals surface area contributed by atoms with Crippen molar-refractivity contribution in [1.82, 2.24) is 10.3 Å². The maximum atomic E-state index is 5.61. The summed E-state index contributed by atoms with van der Waals surface area (Å²) in [6, 6.07) is 3.92. The number of ether oxygens (including phenoxy) is 1. The van der Waals surface area contributed by atoms with Gasteiger partial charge in [0.15, 0.2) is 0 Å². The predicted octanol–water partition coefficient (Wildman–Crippen LogP) is 1.98. The van der Waals surface area contributed by atoms with Crippen molar-refractivity contribution in [2.75, 3.05) is 6.54 Å². The molecule has 0 aliphatic rings. The molecule has 1 N–H and O–H groups in total. The summed E-state index contributed by atoms with van der Waals surface area (Å²) in [7, 11) is 0. The molecule has 1 rings (SSSR count). The summed E-state index contributed by atoms with van der Waals surface area (Å²) < 4.78 is 5.61. The average molecular weight is 218 g/mol. The second-order valence-electron chi connectivity index (χ2n) is 3.77. The first-order valence-corrected chi connectivity index (χ1v) is 5.48. The van der Waals surface area contributed by atoms with Gasteiger partial charge in [0.05, 0.1) is 6.10 Å². The van der Waals surface area contributed by atoms with Gasteiger partial charge >= 0.3 is 0 Å². The van der Waals surface area contributed by atoms with E-state index in [9.17, 15) is 0 Å². The first-order chi connectivity index (χ1) is 7.74. The van der Waals surface area contributed by atoms with Gasteiger partial charge in [-0.3, -0.25) is 0 Å². The number of pyridine rings is 1. The van der Waals surface area contributed by atoms with Crippen molar-refractivity contribution in [3.63, 3.8) is 0 Å². The molecule has 3 nitrogen and oxygen atoms in total. The maximum absolute atomic E-state index is 5.61. The summed E-state index contributed by atoms with van der Waals surface area (Å²) in [6.07, 6.45) is 7.79. The van der Waals surface area contributed by atoms with Gasteiger partial charge in [-0.05, 0) is 19.9 Å². The van der Waals surface area contributed by atoms with E-state index < -0.39 is 0 Å². The SMILES string of the molecule is C#CCCNCc1cccnc1OC(C)C. The summed E-state index contributed by atoms with van der Waals surface area (Å²) in [4.78, 5) is 4.22. The Bertz CT molecular complexity index is 355. The van der Waals surface area contributed by atoms with Crippen LogP contribution in [0.15, 0.2) is 18.3 Å². The van der Waals surface area contributed by atoms with E-state index in [4.69, 9.17) is 11.2 Å². The minimum absolute atomic E-state index is 0.138. The third-order valence-corrected chi connectivity index (χ3v) is 1.96. The number of terminal acetylenes is 1. The van der Waals surface area contributed by atoms with Gasteiger partial charge in [-0.2, -0.15) is 0 Å². The third-order valence-electron chi connectivity index (χ3n) is 1.96. The van der Waals surface area contributed by atoms with Crippen molar-refractivity contribution in [3.8, 4) is 18.2 Å². The molecular formula is C13H18N2O. The van der Waals surface area contributed by atoms with Gasteiger partial charge in [0, 0.05) is 31.3 Å². The molecule has 0 saturated carbocycles. The van der Waals surface area contributed by atoms with Crippen molar-refractivity contribution < 1.29 is 4.74 Å². The molecule has 0 bridgehead atoms. The van der Waals surface area contributed by atoms with Crippen LogP contribution in [0.5, 0.6) is 5.88 Å². The van der Waals surface area contributed by atoms with Crippen LogP contribution in [0.25, 0.3) is 0 Å². The first-order valence-electron chi connectivity index (χ1n) is 5.48. The molecule has 0 fully saturated rings. The topological polar surface area (TPSA) is 34.2 Å². The average Bonchev–Trinajstić information content (AvgIpc) is 2.26. The van der Waals surface area contributed by atoms with Gasteiger partial charge < -0.3 is 10.1 Å². The van der Waals surface area contributed by atoms with Crippen LogP contribution in [0.4, 0.5) is 0 Å². The Balaban J connectivity index is 2.54. The van der Waals surface area contributed by atoms with Gasteiger partial charge in [0.1, 0.15) is 0 Å². The number of hydrogen-bond donors (Lipinski definition) is 1. The molecule has 86 valence electrons. The highest BCUT2D eigenvalue weighted by molar-refractivity contribution is 5.25. The van der Waals surface area contributed by atoms with Gasteiger partial charge in [-0.1, -0.05) is 6.07 Å². The zero-order valence-electron chi connectivity index (χ0n) is 9.86. The minimum Gasteiger partial charge on any atom is -0.475 e. The Hall–Kier alpha value is -1.53. The van der Waals surface area contributed by atoms with Crippen LogP contribution in [0, 0.1) is 12.3 Å². The van der Waals surface area contributed by atoms with Crippen molar-refractivity contribution in [3.05, 3.63) is 23.9 Å². The molecule has 0 atom stereocenters. The maximum Gasteiger partial charge on any atom is 0.218 e. The standard InChI is InChI=1S/C13H18N2O/c1-4-5-8-14-10-12-7-6-9-15-13(12)16-11(2)3/h1,6-7,9,11,14H,5,8,10H2,2-3H3. The summed E-state index contributed by atoms with van der Waals surface area (Å²) in [5, 5.41) is 3.25. The zero-order chi connectivity index (χ0) is 11.8. The lowest BCUT2D eigenvalue weighted by atomic mass is 10.2. The fourth-order valence-corrected chi connectivity index (χ4v) is 1.27. The van der Waals surface area contributed by atoms with Gasteiger partial charge in [-0.25, -0.2) is 4.98 Å². The fraction of sp³-hybridized carbons (Fsp3) is 0.462. The molecule has 1 heterocycles. The molecule has 0 aliphatic heterocycles. The molecule has 0 saturated heterocycles. The lowest BCUT2D eigenvalue weighted by Gasteiger charge is -2.12. The molecule has 1 aromatic rings. The lowest BCUT2D eigenvalue weighted by Crippen LogP contribution is -2.16. The van der Waals surface area contributed by atoms with Crippen LogP contribution in [0.1, 0.15) is 25.8 Å². The Labute approximate surface area is 97.2 Å². The Kier molecular flexibility index (Phi) is 5.38. The largest absolute Gasteiger partial charge is 0.475 e. The minimum atomic E-state index is 0.138. The summed E-state index contributed by atoms with van der Waals surface area (Å²) >= 11 is 0. The molecular weight excluding hydrogens is 200 g/mol. The van der Waals surface area contributed by atoms with Crippen molar-refractivity contribution in [2.45, 2.75) is 32.9 Å². The number of rotatable bonds is 6. The van der Waals surface area contributed by atoms with Gasteiger partial charge in [-0.15, -0.1) is 12.3 Å². The summed E-state index contributed by atoms with van der Waals surface area (Å²) in [6.45, 7) is 5.53. The fourth-order valence-electron chi connectivity index (χ4n) is 1.27. The number of aromatic nitrogens is 1. The third kappa shape index (κ3) is 4.33. The van der Waals surface area contributed by atoms with E-state index in [0.717, 1.165) is 25.1 Å². The molecule has 3 heteroatoms. The lowest BCUT2D eigenvalue weighted by molar-refractivity contribution is 0.229. The van der Waals surface area contributed by atoms with Gasteiger partial charge in [0.25, 0.3) is 0 Å². The highest BCUT2D eigenvalue weighted by Crippen LogP contribution is 2.15. The van der Waals surface area contributed by atoms with Crippen LogP contribution in [0.2, 0.25) is 0 Å². The van der Waals surface area contributed by atoms with E-state index in [-0.39, 0.29) is 6.10 Å². The van der Waals surface area contributed by atoms with E-state index in [1.54, 1.807) is 6.20 Å². The van der Waals surface area contributed by atoms with Crippen molar-refractivity contribution in [1.29, 1.82) is 0 Å². The van der Waals surface area contributed by atoms with E-state index >= 15 is 0 Å². The van der Waals surface area contributed by atoms with E-state index in [1.165, 1.54) is 0 Å². The van der Waals surface area contributed by atoms with E-state index in [1.807, 2.05) is 26.0 Å². The number of nitrogens with one attached hydrogen (secondary N) is 1. The van der Waals surface area contributed by atoms with Crippen molar-refractivity contribution in [2.24, 2.45) is 0 Å². The number of hydrogen-bond acceptors (Lipinski definition) is 3. The van der Waals surface area contributed by atoms with Crippen LogP contribution < -0.4 is 10.1 Å². The Morgan fingerprint density at radius 1 is 1.56 bits per heavy atom. The first kappa shape index (κ1) is 12.5. The normalized spacial score (nSPS) is 10.1. The Morgan fingerprint density at radius 2 is 2.38 bits per heavy atom. The summed E-state index contributed by atoms with van der Waals surface area (Å²) in [5.74, 6) is 3.29. The monoisotopic (exact) mass is 218 g/mol. The van der Waals surface area contributed by atoms with Gasteiger partial charge in [0.2, 0.25) is 5.88 Å². The van der Waals surface area contributed by atoms with Crippen LogP contribution in [-0.2, 0) is 6.54 Å². The van der Waals surface area contributed by atoms with Crippen LogP contribution in [-0.4, -0.2) is 17.6 Å². The van der Waals surface area contributed by atoms with Crippen molar-refractivity contribution >= 4 is 0 Å². The quantitative estimate of drug-likeness (QED) is 0.585. The number of nitrogens with zero attached hydrogens (tertiary/aromatic N) is 1. The highest BCUT2D eigenvalue weighted by Gasteiger charge is 2.05. The molecule has 1 aromatic heterocycles. The molecule has 0 aromatic carbocycles. The second-order valence-corrected chi connectivity index (χ2v) is 3.77. The predicted molar refractivity (Wildman–Crippen MR) is 65.2 cm³/mol. The smallest absolute Gasteiger partial charge is 0.218 e. The molecule has 0 aliphatic carbocycles. The zero-order valence-corrected chi connectivity index (χ0v) is 9.86. The van der Waals surface area contributed by atoms with E-state index in [2.05, 4.69) is 16.2 Å². The van der Waals surface area contributed by atoms with Crippen LogP contribution in [0.3, 0.4) is 0 Å². The molecule has 0 amide bonds.